The first-order valence-electron chi connectivity index (χ1n) is 7.49. The number of morpholine rings is 1. The maximum absolute atomic E-state index is 10.9. The Morgan fingerprint density at radius 3 is 2.76 bits per heavy atom. The number of aromatic carboxylic acids is 1. The second kappa shape index (κ2) is 6.56. The van der Waals surface area contributed by atoms with Gasteiger partial charge in [0, 0.05) is 19.7 Å². The molecule has 1 aromatic carbocycles. The predicted molar refractivity (Wildman–Crippen MR) is 77.4 cm³/mol. The standard InChI is InChI=1S/C16H21NO4/c18-16(19)13-5-3-12(4-6-13)10-17-7-9-20-11-14(17)15-2-1-8-21-15/h3-6,14-15H,1-2,7-11H2,(H,18,19). The van der Waals surface area contributed by atoms with Gasteiger partial charge < -0.3 is 14.6 Å². The lowest BCUT2D eigenvalue weighted by molar-refractivity contribution is -0.0685. The summed E-state index contributed by atoms with van der Waals surface area (Å²) in [6.45, 7) is 4.02. The van der Waals surface area contributed by atoms with Crippen LogP contribution in [0.3, 0.4) is 0 Å². The molecule has 2 unspecified atom stereocenters. The van der Waals surface area contributed by atoms with Crippen LogP contribution in [0.15, 0.2) is 24.3 Å². The molecule has 0 amide bonds. The summed E-state index contributed by atoms with van der Waals surface area (Å²) in [5, 5.41) is 8.94. The first-order chi connectivity index (χ1) is 10.2. The van der Waals surface area contributed by atoms with Gasteiger partial charge >= 0.3 is 5.97 Å². The van der Waals surface area contributed by atoms with E-state index in [0.29, 0.717) is 11.6 Å². The fourth-order valence-electron chi connectivity index (χ4n) is 3.09. The normalized spacial score (nSPS) is 26.9. The Balaban J connectivity index is 1.67. The molecule has 3 rings (SSSR count). The minimum absolute atomic E-state index is 0.267. The highest BCUT2D eigenvalue weighted by atomic mass is 16.5. The molecule has 0 spiro atoms. The van der Waals surface area contributed by atoms with Crippen LogP contribution in [0.25, 0.3) is 0 Å². The van der Waals surface area contributed by atoms with Gasteiger partial charge in [0.1, 0.15) is 0 Å². The van der Waals surface area contributed by atoms with E-state index in [0.717, 1.165) is 51.3 Å². The van der Waals surface area contributed by atoms with Crippen LogP contribution in [0.5, 0.6) is 0 Å². The minimum atomic E-state index is -0.884. The SMILES string of the molecule is O=C(O)c1ccc(CN2CCOCC2C2CCCO2)cc1. The number of nitrogens with zero attached hydrogens (tertiary/aromatic N) is 1. The van der Waals surface area contributed by atoms with Gasteiger partial charge in [0.15, 0.2) is 0 Å². The van der Waals surface area contributed by atoms with E-state index in [1.54, 1.807) is 12.1 Å². The first kappa shape index (κ1) is 14.5. The number of hydrogen-bond donors (Lipinski definition) is 1. The molecule has 0 aromatic heterocycles. The fraction of sp³-hybridized carbons (Fsp3) is 0.562. The minimum Gasteiger partial charge on any atom is -0.478 e. The van der Waals surface area contributed by atoms with Gasteiger partial charge in [-0.25, -0.2) is 4.79 Å². The molecule has 2 heterocycles. The summed E-state index contributed by atoms with van der Waals surface area (Å²) in [6, 6.07) is 7.43. The van der Waals surface area contributed by atoms with E-state index < -0.39 is 5.97 Å². The molecule has 2 aliphatic rings. The third-order valence-electron chi connectivity index (χ3n) is 4.26. The Hall–Kier alpha value is -1.43. The molecule has 2 fully saturated rings. The molecule has 0 aliphatic carbocycles. The zero-order chi connectivity index (χ0) is 14.7. The molecular weight excluding hydrogens is 270 g/mol. The molecule has 114 valence electrons. The van der Waals surface area contributed by atoms with E-state index in [4.69, 9.17) is 14.6 Å². The average Bonchev–Trinajstić information content (AvgIpc) is 3.02. The van der Waals surface area contributed by atoms with Crippen molar-refractivity contribution in [1.82, 2.24) is 4.90 Å². The third kappa shape index (κ3) is 3.43. The summed E-state index contributed by atoms with van der Waals surface area (Å²) in [7, 11) is 0. The van der Waals surface area contributed by atoms with Crippen LogP contribution in [0, 0.1) is 0 Å². The highest BCUT2D eigenvalue weighted by Crippen LogP contribution is 2.23. The molecule has 1 aromatic rings. The van der Waals surface area contributed by atoms with E-state index in [2.05, 4.69) is 4.90 Å². The Labute approximate surface area is 124 Å². The number of carboxylic acid groups (broad SMARTS) is 1. The van der Waals surface area contributed by atoms with Crippen molar-refractivity contribution < 1.29 is 19.4 Å². The molecule has 0 saturated carbocycles. The summed E-state index contributed by atoms with van der Waals surface area (Å²) in [5.41, 5.74) is 1.46. The summed E-state index contributed by atoms with van der Waals surface area (Å²) >= 11 is 0. The van der Waals surface area contributed by atoms with Gasteiger partial charge in [0.05, 0.1) is 30.9 Å². The number of carboxylic acids is 1. The number of ether oxygens (including phenoxy) is 2. The number of carbonyl (C=O) groups is 1. The largest absolute Gasteiger partial charge is 0.478 e. The number of benzene rings is 1. The average molecular weight is 291 g/mol. The van der Waals surface area contributed by atoms with Crippen LogP contribution < -0.4 is 0 Å². The van der Waals surface area contributed by atoms with E-state index >= 15 is 0 Å². The second-order valence-electron chi connectivity index (χ2n) is 5.67. The van der Waals surface area contributed by atoms with Crippen molar-refractivity contribution in [2.75, 3.05) is 26.4 Å². The number of rotatable bonds is 4. The van der Waals surface area contributed by atoms with Crippen LogP contribution in [0.1, 0.15) is 28.8 Å². The van der Waals surface area contributed by atoms with Gasteiger partial charge in [-0.1, -0.05) is 12.1 Å². The highest BCUT2D eigenvalue weighted by Gasteiger charge is 2.33. The van der Waals surface area contributed by atoms with Crippen molar-refractivity contribution in [3.8, 4) is 0 Å². The van der Waals surface area contributed by atoms with Gasteiger partial charge in [0.2, 0.25) is 0 Å². The van der Waals surface area contributed by atoms with Crippen LogP contribution in [0.2, 0.25) is 0 Å². The third-order valence-corrected chi connectivity index (χ3v) is 4.26. The molecule has 0 radical (unpaired) electrons. The second-order valence-corrected chi connectivity index (χ2v) is 5.67. The molecule has 0 bridgehead atoms. The molecule has 2 aliphatic heterocycles. The van der Waals surface area contributed by atoms with E-state index in [9.17, 15) is 4.79 Å². The summed E-state index contributed by atoms with van der Waals surface area (Å²) in [5.74, 6) is -0.884. The topological polar surface area (TPSA) is 59.0 Å². The molecule has 5 heteroatoms. The van der Waals surface area contributed by atoms with Crippen molar-refractivity contribution in [1.29, 1.82) is 0 Å². The van der Waals surface area contributed by atoms with Gasteiger partial charge in [0.25, 0.3) is 0 Å². The monoisotopic (exact) mass is 291 g/mol. The Morgan fingerprint density at radius 1 is 1.29 bits per heavy atom. The molecule has 1 N–H and O–H groups in total. The number of hydrogen-bond acceptors (Lipinski definition) is 4. The van der Waals surface area contributed by atoms with Crippen molar-refractivity contribution in [3.63, 3.8) is 0 Å². The van der Waals surface area contributed by atoms with Crippen LogP contribution in [-0.2, 0) is 16.0 Å². The summed E-state index contributed by atoms with van der Waals surface area (Å²) in [6.07, 6.45) is 2.49. The highest BCUT2D eigenvalue weighted by molar-refractivity contribution is 5.87. The van der Waals surface area contributed by atoms with Crippen molar-refractivity contribution in [3.05, 3.63) is 35.4 Å². The van der Waals surface area contributed by atoms with Crippen LogP contribution >= 0.6 is 0 Å². The maximum Gasteiger partial charge on any atom is 0.335 e. The van der Waals surface area contributed by atoms with Crippen LogP contribution in [-0.4, -0.2) is 54.5 Å². The lowest BCUT2D eigenvalue weighted by Crippen LogP contribution is -2.51. The van der Waals surface area contributed by atoms with Gasteiger partial charge in [-0.05, 0) is 30.5 Å². The van der Waals surface area contributed by atoms with Gasteiger partial charge in [-0.15, -0.1) is 0 Å². The van der Waals surface area contributed by atoms with Crippen LogP contribution in [0.4, 0.5) is 0 Å². The van der Waals surface area contributed by atoms with Gasteiger partial charge in [-0.2, -0.15) is 0 Å². The summed E-state index contributed by atoms with van der Waals surface area (Å²) in [4.78, 5) is 13.3. The van der Waals surface area contributed by atoms with Gasteiger partial charge in [-0.3, -0.25) is 4.90 Å². The molecule has 21 heavy (non-hydrogen) atoms. The zero-order valence-electron chi connectivity index (χ0n) is 12.0. The van der Waals surface area contributed by atoms with E-state index in [-0.39, 0.29) is 6.10 Å². The van der Waals surface area contributed by atoms with Crippen molar-refractivity contribution >= 4 is 5.97 Å². The molecule has 2 saturated heterocycles. The fourth-order valence-corrected chi connectivity index (χ4v) is 3.09. The Bertz CT molecular complexity index is 482. The Kier molecular flexibility index (Phi) is 4.53. The zero-order valence-corrected chi connectivity index (χ0v) is 12.0. The molecular formula is C16H21NO4. The lowest BCUT2D eigenvalue weighted by atomic mass is 10.0. The summed E-state index contributed by atoms with van der Waals surface area (Å²) < 4.78 is 11.4. The molecule has 2 atom stereocenters. The smallest absolute Gasteiger partial charge is 0.335 e. The van der Waals surface area contributed by atoms with E-state index in [1.807, 2.05) is 12.1 Å². The van der Waals surface area contributed by atoms with E-state index in [1.165, 1.54) is 0 Å². The Morgan fingerprint density at radius 2 is 2.10 bits per heavy atom. The quantitative estimate of drug-likeness (QED) is 0.916. The first-order valence-corrected chi connectivity index (χ1v) is 7.49. The van der Waals surface area contributed by atoms with Crippen molar-refractivity contribution in [2.24, 2.45) is 0 Å². The lowest BCUT2D eigenvalue weighted by Gasteiger charge is -2.38. The maximum atomic E-state index is 10.9. The molecule has 5 nitrogen and oxygen atoms in total. The van der Waals surface area contributed by atoms with Crippen molar-refractivity contribution in [2.45, 2.75) is 31.5 Å². The predicted octanol–water partition coefficient (Wildman–Crippen LogP) is 1.76.